The van der Waals surface area contributed by atoms with E-state index in [1.807, 2.05) is 0 Å². The number of nitrogens with one attached hydrogen (secondary N) is 1. The van der Waals surface area contributed by atoms with E-state index in [9.17, 15) is 17.2 Å². The van der Waals surface area contributed by atoms with Crippen LogP contribution in [0.5, 0.6) is 0 Å². The molecule has 7 heteroatoms. The first-order valence-corrected chi connectivity index (χ1v) is 7.57. The van der Waals surface area contributed by atoms with Crippen LogP contribution in [0.25, 0.3) is 0 Å². The number of nitrogen functional groups attached to an aromatic ring is 1. The van der Waals surface area contributed by atoms with Crippen LogP contribution in [0.3, 0.4) is 0 Å². The summed E-state index contributed by atoms with van der Waals surface area (Å²) in [4.78, 5) is -0.206. The Labute approximate surface area is 121 Å². The van der Waals surface area contributed by atoms with Crippen LogP contribution in [-0.2, 0) is 16.6 Å². The van der Waals surface area contributed by atoms with Gasteiger partial charge in [0.15, 0.2) is 0 Å². The predicted octanol–water partition coefficient (Wildman–Crippen LogP) is 2.33. The van der Waals surface area contributed by atoms with Gasteiger partial charge in [0.25, 0.3) is 0 Å². The first kappa shape index (κ1) is 15.4. The molecule has 2 rings (SSSR count). The molecule has 4 nitrogen and oxygen atoms in total. The summed E-state index contributed by atoms with van der Waals surface area (Å²) in [6.07, 6.45) is 0. The van der Waals surface area contributed by atoms with Gasteiger partial charge in [-0.15, -0.1) is 0 Å². The minimum absolute atomic E-state index is 0.00388. The maximum atomic E-state index is 13.6. The Morgan fingerprint density at radius 1 is 1.14 bits per heavy atom. The quantitative estimate of drug-likeness (QED) is 0.851. The van der Waals surface area contributed by atoms with Gasteiger partial charge in [-0.1, -0.05) is 12.1 Å². The Bertz CT molecular complexity index is 759. The van der Waals surface area contributed by atoms with Crippen molar-refractivity contribution in [3.63, 3.8) is 0 Å². The second-order valence-corrected chi connectivity index (χ2v) is 6.31. The molecule has 3 N–H and O–H groups in total. The summed E-state index contributed by atoms with van der Waals surface area (Å²) in [5.74, 6) is -1.09. The van der Waals surface area contributed by atoms with E-state index in [2.05, 4.69) is 4.72 Å². The fraction of sp³-hybridized carbons (Fsp3) is 0.143. The van der Waals surface area contributed by atoms with E-state index >= 15 is 0 Å². The number of halogens is 2. The summed E-state index contributed by atoms with van der Waals surface area (Å²) in [5, 5.41) is 0. The van der Waals surface area contributed by atoms with Crippen molar-refractivity contribution >= 4 is 15.7 Å². The van der Waals surface area contributed by atoms with Crippen LogP contribution >= 0.6 is 0 Å². The molecular weight excluding hydrogens is 298 g/mol. The standard InChI is InChI=1S/C14H14F2N2O2S/c1-9-13(16)6-12(17)7-14(9)21(19,20)18-8-10-2-4-11(15)5-3-10/h2-7,18H,8,17H2,1H3. The van der Waals surface area contributed by atoms with Crippen molar-refractivity contribution in [3.05, 3.63) is 59.2 Å². The highest BCUT2D eigenvalue weighted by molar-refractivity contribution is 7.89. The maximum absolute atomic E-state index is 13.6. The van der Waals surface area contributed by atoms with Crippen molar-refractivity contribution in [1.29, 1.82) is 0 Å². The zero-order valence-electron chi connectivity index (χ0n) is 11.2. The van der Waals surface area contributed by atoms with Crippen molar-refractivity contribution in [3.8, 4) is 0 Å². The van der Waals surface area contributed by atoms with Crippen molar-refractivity contribution in [1.82, 2.24) is 4.72 Å². The van der Waals surface area contributed by atoms with Crippen molar-refractivity contribution in [2.45, 2.75) is 18.4 Å². The van der Waals surface area contributed by atoms with Crippen molar-refractivity contribution in [2.75, 3.05) is 5.73 Å². The van der Waals surface area contributed by atoms with E-state index in [1.54, 1.807) is 0 Å². The molecule has 0 saturated carbocycles. The van der Waals surface area contributed by atoms with Gasteiger partial charge in [-0.25, -0.2) is 21.9 Å². The van der Waals surface area contributed by atoms with Crippen LogP contribution in [0, 0.1) is 18.6 Å². The van der Waals surface area contributed by atoms with Crippen LogP contribution in [0.4, 0.5) is 14.5 Å². The molecule has 112 valence electrons. The Hall–Kier alpha value is -1.99. The topological polar surface area (TPSA) is 72.2 Å². The maximum Gasteiger partial charge on any atom is 0.241 e. The highest BCUT2D eigenvalue weighted by atomic mass is 32.2. The first-order chi connectivity index (χ1) is 9.79. The normalized spacial score (nSPS) is 11.6. The lowest BCUT2D eigenvalue weighted by molar-refractivity contribution is 0.574. The van der Waals surface area contributed by atoms with Gasteiger partial charge in [0.1, 0.15) is 11.6 Å². The largest absolute Gasteiger partial charge is 0.399 e. The zero-order chi connectivity index (χ0) is 15.6. The molecule has 0 atom stereocenters. The zero-order valence-corrected chi connectivity index (χ0v) is 12.0. The van der Waals surface area contributed by atoms with E-state index in [0.29, 0.717) is 5.56 Å². The SMILES string of the molecule is Cc1c(F)cc(N)cc1S(=O)(=O)NCc1ccc(F)cc1. The molecule has 0 aliphatic heterocycles. The second-order valence-electron chi connectivity index (χ2n) is 4.58. The highest BCUT2D eigenvalue weighted by Gasteiger charge is 2.19. The third-order valence-electron chi connectivity index (χ3n) is 2.99. The van der Waals surface area contributed by atoms with E-state index in [1.165, 1.54) is 37.3 Å². The van der Waals surface area contributed by atoms with Gasteiger partial charge in [-0.2, -0.15) is 0 Å². The van der Waals surface area contributed by atoms with E-state index < -0.39 is 21.7 Å². The lowest BCUT2D eigenvalue weighted by Gasteiger charge is -2.11. The van der Waals surface area contributed by atoms with Crippen molar-refractivity contribution in [2.24, 2.45) is 0 Å². The number of rotatable bonds is 4. The Morgan fingerprint density at radius 3 is 2.38 bits per heavy atom. The molecule has 0 radical (unpaired) electrons. The number of hydrogen-bond acceptors (Lipinski definition) is 3. The molecule has 0 saturated heterocycles. The van der Waals surface area contributed by atoms with Gasteiger partial charge >= 0.3 is 0 Å². The smallest absolute Gasteiger partial charge is 0.241 e. The molecule has 0 heterocycles. The molecule has 2 aromatic rings. The number of sulfonamides is 1. The van der Waals surface area contributed by atoms with Gasteiger partial charge in [0.2, 0.25) is 10.0 Å². The minimum atomic E-state index is -3.91. The molecule has 2 aromatic carbocycles. The summed E-state index contributed by atoms with van der Waals surface area (Å²) in [5.41, 5.74) is 6.08. The third kappa shape index (κ3) is 3.56. The second kappa shape index (κ2) is 5.79. The lowest BCUT2D eigenvalue weighted by atomic mass is 10.2. The average Bonchev–Trinajstić information content (AvgIpc) is 2.42. The summed E-state index contributed by atoms with van der Waals surface area (Å²) in [6, 6.07) is 7.65. The Kier molecular flexibility index (Phi) is 4.24. The summed E-state index contributed by atoms with van der Waals surface area (Å²) in [7, 11) is -3.91. The first-order valence-electron chi connectivity index (χ1n) is 6.09. The molecule has 0 fully saturated rings. The molecule has 0 bridgehead atoms. The summed E-state index contributed by atoms with van der Waals surface area (Å²) in [6.45, 7) is 1.33. The average molecular weight is 312 g/mol. The monoisotopic (exact) mass is 312 g/mol. The molecule has 0 amide bonds. The number of anilines is 1. The molecule has 0 aliphatic rings. The Morgan fingerprint density at radius 2 is 1.76 bits per heavy atom. The van der Waals surface area contributed by atoms with Crippen LogP contribution in [-0.4, -0.2) is 8.42 Å². The molecular formula is C14H14F2N2O2S. The molecule has 0 aliphatic carbocycles. The minimum Gasteiger partial charge on any atom is -0.399 e. The van der Waals surface area contributed by atoms with E-state index in [-0.39, 0.29) is 22.7 Å². The summed E-state index contributed by atoms with van der Waals surface area (Å²) >= 11 is 0. The van der Waals surface area contributed by atoms with Gasteiger partial charge in [0, 0.05) is 17.8 Å². The van der Waals surface area contributed by atoms with Gasteiger partial charge in [-0.3, -0.25) is 0 Å². The van der Waals surface area contributed by atoms with Gasteiger partial charge < -0.3 is 5.73 Å². The van der Waals surface area contributed by atoms with Crippen LogP contribution < -0.4 is 10.5 Å². The van der Waals surface area contributed by atoms with Gasteiger partial charge in [0.05, 0.1) is 4.90 Å². The van der Waals surface area contributed by atoms with E-state index in [0.717, 1.165) is 6.07 Å². The van der Waals surface area contributed by atoms with Crippen LogP contribution in [0.1, 0.15) is 11.1 Å². The Balaban J connectivity index is 2.25. The molecule has 21 heavy (non-hydrogen) atoms. The molecule has 0 spiro atoms. The third-order valence-corrected chi connectivity index (χ3v) is 4.52. The molecule has 0 aromatic heterocycles. The molecule has 0 unspecified atom stereocenters. The van der Waals surface area contributed by atoms with Gasteiger partial charge in [-0.05, 0) is 36.8 Å². The predicted molar refractivity (Wildman–Crippen MR) is 76.0 cm³/mol. The number of nitrogens with two attached hydrogens (primary N) is 1. The lowest BCUT2D eigenvalue weighted by Crippen LogP contribution is -2.24. The number of hydrogen-bond donors (Lipinski definition) is 2. The summed E-state index contributed by atoms with van der Waals surface area (Å²) < 4.78 is 53.1. The van der Waals surface area contributed by atoms with Crippen LogP contribution in [0.2, 0.25) is 0 Å². The fourth-order valence-corrected chi connectivity index (χ4v) is 3.12. The highest BCUT2D eigenvalue weighted by Crippen LogP contribution is 2.21. The number of benzene rings is 2. The fourth-order valence-electron chi connectivity index (χ4n) is 1.81. The van der Waals surface area contributed by atoms with E-state index in [4.69, 9.17) is 5.73 Å². The van der Waals surface area contributed by atoms with Crippen molar-refractivity contribution < 1.29 is 17.2 Å². The van der Waals surface area contributed by atoms with Crippen LogP contribution in [0.15, 0.2) is 41.3 Å².